The van der Waals surface area contributed by atoms with Crippen LogP contribution in [0.3, 0.4) is 0 Å². The molecule has 2 rings (SSSR count). The fraction of sp³-hybridized carbons (Fsp3) is 1.00. The van der Waals surface area contributed by atoms with Crippen LogP contribution in [0.5, 0.6) is 0 Å². The lowest BCUT2D eigenvalue weighted by Gasteiger charge is -2.20. The molecule has 0 nitrogen and oxygen atoms in total. The Hall–Kier alpha value is 0. The monoisotopic (exact) mass is 154 g/mol. The third kappa shape index (κ3) is 1.32. The molecule has 0 heterocycles. The minimum Gasteiger partial charge on any atom is -0.0683 e. The van der Waals surface area contributed by atoms with E-state index in [0.717, 1.165) is 17.8 Å². The molecule has 0 aromatic carbocycles. The van der Waals surface area contributed by atoms with Gasteiger partial charge in [0.05, 0.1) is 0 Å². The highest BCUT2D eigenvalue weighted by Gasteiger charge is 2.58. The van der Waals surface area contributed by atoms with E-state index in [1.165, 1.54) is 12.8 Å². The number of fused-ring (bicyclic) bond motifs is 1. The fourth-order valence-corrected chi connectivity index (χ4v) is 2.98. The summed E-state index contributed by atoms with van der Waals surface area (Å²) in [4.78, 5) is 0. The lowest BCUT2D eigenvalue weighted by Crippen LogP contribution is -2.11. The Morgan fingerprint density at radius 2 is 1.73 bits per heavy atom. The number of rotatable bonds is 0. The average Bonchev–Trinajstić information content (AvgIpc) is 2.50. The number of hydrogen-bond acceptors (Lipinski definition) is 0. The Balaban J connectivity index is 0.000000281. The van der Waals surface area contributed by atoms with Gasteiger partial charge in [0.1, 0.15) is 0 Å². The quantitative estimate of drug-likeness (QED) is 0.499. The molecule has 0 radical (unpaired) electrons. The van der Waals surface area contributed by atoms with Crippen molar-refractivity contribution in [1.29, 1.82) is 0 Å². The van der Waals surface area contributed by atoms with Crippen LogP contribution >= 0.6 is 0 Å². The zero-order valence-corrected chi connectivity index (χ0v) is 8.65. The summed E-state index contributed by atoms with van der Waals surface area (Å²) in [6.07, 6.45) is 2.99. The van der Waals surface area contributed by atoms with Gasteiger partial charge < -0.3 is 0 Å². The van der Waals surface area contributed by atoms with E-state index in [-0.39, 0.29) is 0 Å². The SMILES string of the molecule is CC.CC1C2CCC(C)(C)C12. The maximum absolute atomic E-state index is 2.43. The second kappa shape index (κ2) is 2.80. The first kappa shape index (κ1) is 9.09. The van der Waals surface area contributed by atoms with Crippen molar-refractivity contribution < 1.29 is 0 Å². The highest BCUT2D eigenvalue weighted by atomic mass is 14.6. The highest BCUT2D eigenvalue weighted by Crippen LogP contribution is 2.65. The fourth-order valence-electron chi connectivity index (χ4n) is 2.98. The molecule has 0 bridgehead atoms. The maximum Gasteiger partial charge on any atom is -0.0303 e. The first-order valence-electron chi connectivity index (χ1n) is 5.13. The Morgan fingerprint density at radius 3 is 1.91 bits per heavy atom. The van der Waals surface area contributed by atoms with Gasteiger partial charge in [-0.05, 0) is 36.0 Å². The van der Waals surface area contributed by atoms with Crippen molar-refractivity contribution in [2.75, 3.05) is 0 Å². The van der Waals surface area contributed by atoms with E-state index in [4.69, 9.17) is 0 Å². The zero-order chi connectivity index (χ0) is 8.65. The summed E-state index contributed by atoms with van der Waals surface area (Å²) < 4.78 is 0. The van der Waals surface area contributed by atoms with Gasteiger partial charge in [0.15, 0.2) is 0 Å². The number of hydrogen-bond donors (Lipinski definition) is 0. The molecule has 0 saturated heterocycles. The molecule has 2 aliphatic rings. The van der Waals surface area contributed by atoms with Crippen LogP contribution in [0.15, 0.2) is 0 Å². The Morgan fingerprint density at radius 1 is 1.18 bits per heavy atom. The molecule has 2 aliphatic carbocycles. The molecular weight excluding hydrogens is 132 g/mol. The first-order chi connectivity index (χ1) is 5.13. The van der Waals surface area contributed by atoms with Crippen LogP contribution in [0.4, 0.5) is 0 Å². The van der Waals surface area contributed by atoms with E-state index in [0.29, 0.717) is 5.41 Å². The third-order valence-electron chi connectivity index (χ3n) is 3.59. The molecular formula is C11H22. The first-order valence-corrected chi connectivity index (χ1v) is 5.13. The minimum atomic E-state index is 0.698. The average molecular weight is 154 g/mol. The van der Waals surface area contributed by atoms with Crippen LogP contribution in [-0.2, 0) is 0 Å². The smallest absolute Gasteiger partial charge is 0.0303 e. The molecule has 0 aliphatic heterocycles. The summed E-state index contributed by atoms with van der Waals surface area (Å²) in [6.45, 7) is 11.3. The molecule has 66 valence electrons. The van der Waals surface area contributed by atoms with Gasteiger partial charge in [0, 0.05) is 0 Å². The van der Waals surface area contributed by atoms with E-state index in [2.05, 4.69) is 20.8 Å². The predicted molar refractivity (Wildman–Crippen MR) is 50.5 cm³/mol. The Bertz CT molecular complexity index is 135. The molecule has 0 heteroatoms. The van der Waals surface area contributed by atoms with Crippen molar-refractivity contribution in [1.82, 2.24) is 0 Å². The van der Waals surface area contributed by atoms with Crippen LogP contribution in [0.2, 0.25) is 0 Å². The molecule has 3 atom stereocenters. The van der Waals surface area contributed by atoms with Crippen molar-refractivity contribution in [3.63, 3.8) is 0 Å². The van der Waals surface area contributed by atoms with Crippen LogP contribution < -0.4 is 0 Å². The summed E-state index contributed by atoms with van der Waals surface area (Å²) in [6, 6.07) is 0. The van der Waals surface area contributed by atoms with Crippen molar-refractivity contribution in [2.45, 2.75) is 47.5 Å². The molecule has 0 aromatic rings. The van der Waals surface area contributed by atoms with Crippen molar-refractivity contribution in [3.05, 3.63) is 0 Å². The van der Waals surface area contributed by atoms with Gasteiger partial charge in [-0.15, -0.1) is 0 Å². The minimum absolute atomic E-state index is 0.698. The Labute approximate surface area is 71.4 Å². The lowest BCUT2D eigenvalue weighted by atomic mass is 9.86. The summed E-state index contributed by atoms with van der Waals surface area (Å²) in [7, 11) is 0. The van der Waals surface area contributed by atoms with Crippen molar-refractivity contribution in [3.8, 4) is 0 Å². The van der Waals surface area contributed by atoms with E-state index in [9.17, 15) is 0 Å². The molecule has 2 saturated carbocycles. The van der Waals surface area contributed by atoms with Gasteiger partial charge in [0.2, 0.25) is 0 Å². The van der Waals surface area contributed by atoms with Crippen molar-refractivity contribution in [2.24, 2.45) is 23.2 Å². The van der Waals surface area contributed by atoms with Gasteiger partial charge in [-0.2, -0.15) is 0 Å². The second-order valence-electron chi connectivity index (χ2n) is 4.58. The van der Waals surface area contributed by atoms with Crippen LogP contribution in [0.1, 0.15) is 47.5 Å². The third-order valence-corrected chi connectivity index (χ3v) is 3.59. The van der Waals surface area contributed by atoms with E-state index in [1.807, 2.05) is 13.8 Å². The largest absolute Gasteiger partial charge is 0.0683 e. The Kier molecular flexibility index (Phi) is 2.32. The van der Waals surface area contributed by atoms with Gasteiger partial charge in [-0.1, -0.05) is 34.6 Å². The molecule has 2 fully saturated rings. The highest BCUT2D eigenvalue weighted by molar-refractivity contribution is 5.07. The standard InChI is InChI=1S/C9H16.C2H6/c1-6-7-4-5-9(2,3)8(6)7;1-2/h6-8H,4-5H2,1-3H3;1-2H3. The predicted octanol–water partition coefficient (Wildman–Crippen LogP) is 3.71. The molecule has 0 amide bonds. The maximum atomic E-state index is 2.43. The lowest BCUT2D eigenvalue weighted by molar-refractivity contribution is 0.303. The van der Waals surface area contributed by atoms with Crippen molar-refractivity contribution >= 4 is 0 Å². The summed E-state index contributed by atoms with van der Waals surface area (Å²) in [5.41, 5.74) is 0.698. The van der Waals surface area contributed by atoms with E-state index in [1.54, 1.807) is 0 Å². The van der Waals surface area contributed by atoms with Gasteiger partial charge >= 0.3 is 0 Å². The zero-order valence-electron chi connectivity index (χ0n) is 8.65. The van der Waals surface area contributed by atoms with E-state index >= 15 is 0 Å². The molecule has 3 unspecified atom stereocenters. The van der Waals surface area contributed by atoms with E-state index < -0.39 is 0 Å². The molecule has 11 heavy (non-hydrogen) atoms. The molecule has 0 N–H and O–H groups in total. The molecule has 0 spiro atoms. The van der Waals surface area contributed by atoms with Gasteiger partial charge in [0.25, 0.3) is 0 Å². The normalized spacial score (nSPS) is 43.9. The topological polar surface area (TPSA) is 0 Å². The summed E-state index contributed by atoms with van der Waals surface area (Å²) >= 11 is 0. The van der Waals surface area contributed by atoms with Crippen LogP contribution in [0, 0.1) is 23.2 Å². The van der Waals surface area contributed by atoms with Crippen LogP contribution in [0.25, 0.3) is 0 Å². The van der Waals surface area contributed by atoms with Crippen LogP contribution in [-0.4, -0.2) is 0 Å². The van der Waals surface area contributed by atoms with Gasteiger partial charge in [-0.3, -0.25) is 0 Å². The summed E-state index contributed by atoms with van der Waals surface area (Å²) in [5.74, 6) is 3.28. The van der Waals surface area contributed by atoms with Gasteiger partial charge in [-0.25, -0.2) is 0 Å². The molecule has 0 aromatic heterocycles. The summed E-state index contributed by atoms with van der Waals surface area (Å²) in [5, 5.41) is 0. The second-order valence-corrected chi connectivity index (χ2v) is 4.58.